The van der Waals surface area contributed by atoms with Gasteiger partial charge in [-0.25, -0.2) is 0 Å². The highest BCUT2D eigenvalue weighted by Gasteiger charge is 2.37. The summed E-state index contributed by atoms with van der Waals surface area (Å²) in [6.07, 6.45) is 1.94. The van der Waals surface area contributed by atoms with Gasteiger partial charge in [-0.1, -0.05) is 20.8 Å². The third kappa shape index (κ3) is 6.41. The fraction of sp³-hybridized carbons (Fsp3) is 0.857. The third-order valence-corrected chi connectivity index (χ3v) is 11.8. The van der Waals surface area contributed by atoms with Crippen LogP contribution in [-0.2, 0) is 17.5 Å². The van der Waals surface area contributed by atoms with Gasteiger partial charge in [-0.3, -0.25) is 9.58 Å². The normalized spacial score (nSPS) is 19.9. The Morgan fingerprint density at radius 2 is 1.93 bits per heavy atom. The van der Waals surface area contributed by atoms with Gasteiger partial charge in [-0.2, -0.15) is 0 Å². The molecule has 1 fully saturated rings. The topological polar surface area (TPSA) is 59.8 Å². The summed E-state index contributed by atoms with van der Waals surface area (Å²) >= 11 is 2.36. The van der Waals surface area contributed by atoms with Crippen LogP contribution in [0, 0.1) is 3.57 Å². The number of hydrogen-bond acceptors (Lipinski definition) is 5. The molecule has 1 saturated heterocycles. The van der Waals surface area contributed by atoms with Crippen molar-refractivity contribution in [3.05, 3.63) is 9.26 Å². The zero-order valence-corrected chi connectivity index (χ0v) is 22.6. The van der Waals surface area contributed by atoms with Crippen molar-refractivity contribution in [1.82, 2.24) is 14.7 Å². The Morgan fingerprint density at radius 3 is 2.48 bits per heavy atom. The molecule has 0 spiro atoms. The van der Waals surface area contributed by atoms with Gasteiger partial charge in [0.1, 0.15) is 0 Å². The van der Waals surface area contributed by atoms with E-state index in [1.54, 1.807) is 0 Å². The Morgan fingerprint density at radius 1 is 1.28 bits per heavy atom. The monoisotopic (exact) mass is 537 g/mol. The van der Waals surface area contributed by atoms with Crippen molar-refractivity contribution in [2.75, 3.05) is 13.2 Å². The first-order chi connectivity index (χ1) is 13.3. The second kappa shape index (κ2) is 9.97. The van der Waals surface area contributed by atoms with E-state index in [1.807, 2.05) is 20.8 Å². The number of aliphatic hydroxyl groups is 1. The second-order valence-electron chi connectivity index (χ2n) is 9.99. The van der Waals surface area contributed by atoms with E-state index in [9.17, 15) is 5.11 Å². The second-order valence-corrected chi connectivity index (χ2v) is 15.9. The summed E-state index contributed by atoms with van der Waals surface area (Å²) in [5.41, 5.74) is 1.16. The van der Waals surface area contributed by atoms with Crippen LogP contribution < -0.4 is 4.74 Å². The lowest BCUT2D eigenvalue weighted by Gasteiger charge is -2.36. The molecule has 0 aromatic carbocycles. The van der Waals surface area contributed by atoms with E-state index in [-0.39, 0.29) is 23.3 Å². The lowest BCUT2D eigenvalue weighted by Crippen LogP contribution is -2.41. The van der Waals surface area contributed by atoms with Gasteiger partial charge in [0.15, 0.2) is 8.32 Å². The van der Waals surface area contributed by atoms with Crippen LogP contribution in [0.5, 0.6) is 5.88 Å². The summed E-state index contributed by atoms with van der Waals surface area (Å²) in [4.78, 5) is 2.38. The van der Waals surface area contributed by atoms with E-state index < -0.39 is 8.32 Å². The quantitative estimate of drug-likeness (QED) is 0.368. The van der Waals surface area contributed by atoms with Crippen molar-refractivity contribution >= 4 is 30.9 Å². The number of ether oxygens (including phenoxy) is 1. The predicted molar refractivity (Wildman–Crippen MR) is 129 cm³/mol. The minimum Gasteiger partial charge on any atom is -0.473 e. The summed E-state index contributed by atoms with van der Waals surface area (Å²) < 4.78 is 15.5. The molecule has 6 nitrogen and oxygen atoms in total. The maximum absolute atomic E-state index is 10.2. The van der Waals surface area contributed by atoms with Gasteiger partial charge >= 0.3 is 0 Å². The molecule has 0 saturated carbocycles. The van der Waals surface area contributed by atoms with Gasteiger partial charge in [-0.05, 0) is 80.9 Å². The van der Waals surface area contributed by atoms with Crippen molar-refractivity contribution in [2.24, 2.45) is 0 Å². The van der Waals surface area contributed by atoms with E-state index >= 15 is 0 Å². The number of aliphatic hydroxyl groups excluding tert-OH is 1. The van der Waals surface area contributed by atoms with Crippen molar-refractivity contribution in [2.45, 2.75) is 104 Å². The molecule has 29 heavy (non-hydrogen) atoms. The average Bonchev–Trinajstić information content (AvgIpc) is 3.14. The number of aromatic nitrogens is 2. The number of likely N-dealkylation sites (tertiary alicyclic amines) is 1. The molecule has 2 atom stereocenters. The predicted octanol–water partition coefficient (Wildman–Crippen LogP) is 4.64. The van der Waals surface area contributed by atoms with Crippen LogP contribution in [0.25, 0.3) is 0 Å². The van der Waals surface area contributed by atoms with Crippen LogP contribution in [0.3, 0.4) is 0 Å². The molecule has 0 radical (unpaired) electrons. The maximum atomic E-state index is 10.2. The number of rotatable bonds is 9. The molecule has 2 heterocycles. The Hall–Kier alpha value is -0.163. The number of hydrogen-bond donors (Lipinski definition) is 1. The Balaban J connectivity index is 2.19. The van der Waals surface area contributed by atoms with Crippen LogP contribution >= 0.6 is 22.6 Å². The molecule has 0 amide bonds. The fourth-order valence-electron chi connectivity index (χ4n) is 3.48. The van der Waals surface area contributed by atoms with E-state index in [2.05, 4.69) is 66.0 Å². The highest BCUT2D eigenvalue weighted by Crippen LogP contribution is 2.36. The van der Waals surface area contributed by atoms with Crippen LogP contribution in [0.2, 0.25) is 18.1 Å². The highest BCUT2D eigenvalue weighted by molar-refractivity contribution is 14.1. The van der Waals surface area contributed by atoms with Crippen LogP contribution in [-0.4, -0.2) is 59.5 Å². The first-order valence-corrected chi connectivity index (χ1v) is 14.8. The van der Waals surface area contributed by atoms with Crippen molar-refractivity contribution in [3.8, 4) is 5.88 Å². The lowest BCUT2D eigenvalue weighted by molar-refractivity contribution is 0.0809. The van der Waals surface area contributed by atoms with Crippen molar-refractivity contribution in [1.29, 1.82) is 0 Å². The molecule has 1 aliphatic rings. The van der Waals surface area contributed by atoms with Crippen LogP contribution in [0.1, 0.15) is 60.1 Å². The minimum absolute atomic E-state index is 0.0835. The minimum atomic E-state index is -1.79. The third-order valence-electron chi connectivity index (χ3n) is 6.21. The summed E-state index contributed by atoms with van der Waals surface area (Å²) in [6, 6.07) is 0.215. The van der Waals surface area contributed by atoms with E-state index in [4.69, 9.17) is 14.3 Å². The van der Waals surface area contributed by atoms with Gasteiger partial charge in [-0.15, -0.1) is 5.10 Å². The molecule has 1 aromatic rings. The van der Waals surface area contributed by atoms with Gasteiger partial charge in [0, 0.05) is 12.6 Å². The number of nitrogens with zero attached hydrogens (tertiary/aromatic N) is 3. The standard InChI is InChI=1S/C21H40IN3O3Si/c1-15(2)28-20-19(22)18(14-24-11-9-10-17(24)16(3)26)25(23-20)12-13-27-29(7,8)21(4,5)6/h15-17,26H,9-14H2,1-8H3/t16?,17-/m1/s1. The molecule has 8 heteroatoms. The number of halogens is 1. The van der Waals surface area contributed by atoms with Gasteiger partial charge in [0.25, 0.3) is 0 Å². The molecule has 0 bridgehead atoms. The zero-order chi connectivity index (χ0) is 22.0. The molecule has 2 rings (SSSR count). The van der Waals surface area contributed by atoms with Gasteiger partial charge in [0.05, 0.1) is 34.6 Å². The molecule has 168 valence electrons. The zero-order valence-electron chi connectivity index (χ0n) is 19.5. The van der Waals surface area contributed by atoms with E-state index in [0.29, 0.717) is 19.0 Å². The Kier molecular flexibility index (Phi) is 8.63. The summed E-state index contributed by atoms with van der Waals surface area (Å²) in [6.45, 7) is 20.5. The molecule has 1 aliphatic heterocycles. The Labute approximate surface area is 191 Å². The first kappa shape index (κ1) is 25.1. The van der Waals surface area contributed by atoms with Gasteiger partial charge < -0.3 is 14.3 Å². The summed E-state index contributed by atoms with van der Waals surface area (Å²) in [7, 11) is -1.79. The molecule has 0 aliphatic carbocycles. The van der Waals surface area contributed by atoms with E-state index in [1.165, 1.54) is 0 Å². The largest absolute Gasteiger partial charge is 0.473 e. The van der Waals surface area contributed by atoms with Crippen LogP contribution in [0.4, 0.5) is 0 Å². The molecule has 1 aromatic heterocycles. The highest BCUT2D eigenvalue weighted by atomic mass is 127. The first-order valence-electron chi connectivity index (χ1n) is 10.8. The molecule has 1 unspecified atom stereocenters. The molecule has 1 N–H and O–H groups in total. The van der Waals surface area contributed by atoms with Crippen LogP contribution in [0.15, 0.2) is 0 Å². The van der Waals surface area contributed by atoms with E-state index in [0.717, 1.165) is 35.2 Å². The SMILES string of the molecule is CC(C)Oc1nn(CCO[Si](C)(C)C(C)(C)C)c(CN2CCC[C@@H]2C(C)O)c1I. The average molecular weight is 538 g/mol. The van der Waals surface area contributed by atoms with Gasteiger partial charge in [0.2, 0.25) is 5.88 Å². The molecular formula is C21H40IN3O3Si. The molecular weight excluding hydrogens is 497 g/mol. The summed E-state index contributed by atoms with van der Waals surface area (Å²) in [5.74, 6) is 0.704. The van der Waals surface area contributed by atoms with Crippen molar-refractivity contribution < 1.29 is 14.3 Å². The smallest absolute Gasteiger partial charge is 0.246 e. The Bertz CT molecular complexity index is 671. The summed E-state index contributed by atoms with van der Waals surface area (Å²) in [5, 5.41) is 15.1. The van der Waals surface area contributed by atoms with Crippen molar-refractivity contribution in [3.63, 3.8) is 0 Å². The fourth-order valence-corrected chi connectivity index (χ4v) is 5.19. The lowest BCUT2D eigenvalue weighted by atomic mass is 10.1. The maximum Gasteiger partial charge on any atom is 0.246 e.